The van der Waals surface area contributed by atoms with E-state index in [0.29, 0.717) is 23.6 Å². The van der Waals surface area contributed by atoms with Crippen LogP contribution < -0.4 is 11.1 Å². The normalized spacial score (nSPS) is 10.5. The zero-order valence-corrected chi connectivity index (χ0v) is 10.5. The Bertz CT molecular complexity index is 530. The number of aromatic nitrogens is 2. The molecule has 1 amide bonds. The van der Waals surface area contributed by atoms with Crippen molar-refractivity contribution in [3.8, 4) is 0 Å². The molecule has 0 aromatic carbocycles. The van der Waals surface area contributed by atoms with Crippen LogP contribution in [0.25, 0.3) is 0 Å². The first-order valence-corrected chi connectivity index (χ1v) is 6.12. The molecule has 0 aliphatic carbocycles. The monoisotopic (exact) mass is 250 g/mol. The summed E-state index contributed by atoms with van der Waals surface area (Å²) in [5.41, 5.74) is 8.42. The maximum absolute atomic E-state index is 11.9. The highest BCUT2D eigenvalue weighted by Gasteiger charge is 2.17. The van der Waals surface area contributed by atoms with Crippen LogP contribution in [0.15, 0.2) is 16.8 Å². The van der Waals surface area contributed by atoms with Crippen LogP contribution in [0.3, 0.4) is 0 Å². The van der Waals surface area contributed by atoms with Crippen molar-refractivity contribution in [2.75, 3.05) is 5.73 Å². The Morgan fingerprint density at radius 3 is 2.94 bits per heavy atom. The van der Waals surface area contributed by atoms with Crippen LogP contribution in [0.1, 0.15) is 21.7 Å². The number of amides is 1. The number of anilines is 1. The molecule has 0 saturated heterocycles. The molecule has 2 aromatic rings. The molecule has 90 valence electrons. The van der Waals surface area contributed by atoms with Gasteiger partial charge in [-0.2, -0.15) is 16.4 Å². The second kappa shape index (κ2) is 4.58. The van der Waals surface area contributed by atoms with Gasteiger partial charge in [0.2, 0.25) is 0 Å². The lowest BCUT2D eigenvalue weighted by Gasteiger charge is -2.05. The van der Waals surface area contributed by atoms with E-state index >= 15 is 0 Å². The number of nitrogens with one attached hydrogen (secondary N) is 1. The van der Waals surface area contributed by atoms with Crippen molar-refractivity contribution in [1.29, 1.82) is 0 Å². The molecule has 0 radical (unpaired) electrons. The molecule has 0 saturated carbocycles. The molecule has 0 bridgehead atoms. The van der Waals surface area contributed by atoms with Gasteiger partial charge in [0.05, 0.1) is 11.4 Å². The minimum absolute atomic E-state index is 0.197. The fourth-order valence-corrected chi connectivity index (χ4v) is 2.27. The maximum Gasteiger partial charge on any atom is 0.271 e. The van der Waals surface area contributed by atoms with Gasteiger partial charge in [-0.3, -0.25) is 9.48 Å². The Kier molecular flexibility index (Phi) is 3.14. The average Bonchev–Trinajstić information content (AvgIpc) is 2.86. The highest BCUT2D eigenvalue weighted by molar-refractivity contribution is 7.07. The van der Waals surface area contributed by atoms with Gasteiger partial charge in [-0.15, -0.1) is 0 Å². The smallest absolute Gasteiger partial charge is 0.271 e. The Balaban J connectivity index is 2.10. The van der Waals surface area contributed by atoms with Crippen molar-refractivity contribution in [1.82, 2.24) is 15.1 Å². The summed E-state index contributed by atoms with van der Waals surface area (Å²) in [4.78, 5) is 11.9. The van der Waals surface area contributed by atoms with Crippen LogP contribution in [-0.2, 0) is 13.6 Å². The first kappa shape index (κ1) is 11.7. The second-order valence-corrected chi connectivity index (χ2v) is 4.57. The molecular formula is C11H14N4OS. The van der Waals surface area contributed by atoms with Crippen molar-refractivity contribution >= 4 is 22.9 Å². The molecule has 2 heterocycles. The molecule has 0 atom stereocenters. The summed E-state index contributed by atoms with van der Waals surface area (Å²) in [6.45, 7) is 2.29. The number of nitrogens with two attached hydrogens (primary N) is 1. The largest absolute Gasteiger partial charge is 0.395 e. The van der Waals surface area contributed by atoms with E-state index in [4.69, 9.17) is 5.73 Å². The van der Waals surface area contributed by atoms with E-state index in [1.165, 1.54) is 4.68 Å². The third-order valence-electron chi connectivity index (χ3n) is 2.52. The highest BCUT2D eigenvalue weighted by atomic mass is 32.1. The van der Waals surface area contributed by atoms with Gasteiger partial charge in [0.1, 0.15) is 5.69 Å². The molecule has 17 heavy (non-hydrogen) atoms. The number of rotatable bonds is 3. The molecule has 0 fully saturated rings. The molecule has 0 aliphatic rings. The van der Waals surface area contributed by atoms with E-state index in [0.717, 1.165) is 5.56 Å². The third-order valence-corrected chi connectivity index (χ3v) is 3.25. The summed E-state index contributed by atoms with van der Waals surface area (Å²) >= 11 is 1.60. The molecule has 2 aromatic heterocycles. The standard InChI is InChI=1S/C11H14N4OS/c1-7-9(12)10(15(2)14-7)11(16)13-5-8-3-4-17-6-8/h3-4,6H,5,12H2,1-2H3,(H,13,16). The van der Waals surface area contributed by atoms with Crippen LogP contribution >= 0.6 is 11.3 Å². The molecular weight excluding hydrogens is 236 g/mol. The fraction of sp³-hybridized carbons (Fsp3) is 0.273. The van der Waals surface area contributed by atoms with Crippen molar-refractivity contribution in [2.45, 2.75) is 13.5 Å². The summed E-state index contributed by atoms with van der Waals surface area (Å²) < 4.78 is 1.51. The first-order chi connectivity index (χ1) is 8.09. The van der Waals surface area contributed by atoms with Gasteiger partial charge in [-0.25, -0.2) is 0 Å². The number of hydrogen-bond acceptors (Lipinski definition) is 4. The van der Waals surface area contributed by atoms with E-state index in [1.807, 2.05) is 16.8 Å². The number of thiophene rings is 1. The van der Waals surface area contributed by atoms with Crippen LogP contribution in [0.2, 0.25) is 0 Å². The van der Waals surface area contributed by atoms with Gasteiger partial charge in [-0.05, 0) is 29.3 Å². The molecule has 0 unspecified atom stereocenters. The van der Waals surface area contributed by atoms with Gasteiger partial charge in [0.25, 0.3) is 5.91 Å². The summed E-state index contributed by atoms with van der Waals surface area (Å²) in [5.74, 6) is -0.197. The Hall–Kier alpha value is -1.82. The zero-order valence-electron chi connectivity index (χ0n) is 9.73. The van der Waals surface area contributed by atoms with Crippen molar-refractivity contribution < 1.29 is 4.79 Å². The fourth-order valence-electron chi connectivity index (χ4n) is 1.60. The van der Waals surface area contributed by atoms with E-state index in [1.54, 1.807) is 25.3 Å². The van der Waals surface area contributed by atoms with Crippen LogP contribution in [-0.4, -0.2) is 15.7 Å². The van der Waals surface area contributed by atoms with E-state index in [9.17, 15) is 4.79 Å². The SMILES string of the molecule is Cc1nn(C)c(C(=O)NCc2ccsc2)c1N. The summed E-state index contributed by atoms with van der Waals surface area (Å²) in [6.07, 6.45) is 0. The minimum atomic E-state index is -0.197. The molecule has 2 rings (SSSR count). The van der Waals surface area contributed by atoms with Crippen LogP contribution in [0.5, 0.6) is 0 Å². The maximum atomic E-state index is 11.9. The number of nitrogen functional groups attached to an aromatic ring is 1. The minimum Gasteiger partial charge on any atom is -0.395 e. The van der Waals surface area contributed by atoms with Gasteiger partial charge in [0, 0.05) is 13.6 Å². The lowest BCUT2D eigenvalue weighted by atomic mass is 10.2. The average molecular weight is 250 g/mol. The van der Waals surface area contributed by atoms with Crippen LogP contribution in [0, 0.1) is 6.92 Å². The first-order valence-electron chi connectivity index (χ1n) is 5.18. The molecule has 0 spiro atoms. The Morgan fingerprint density at radius 2 is 2.41 bits per heavy atom. The number of aryl methyl sites for hydroxylation is 2. The third kappa shape index (κ3) is 2.31. The van der Waals surface area contributed by atoms with E-state index < -0.39 is 0 Å². The summed E-state index contributed by atoms with van der Waals surface area (Å²) in [6, 6.07) is 1.97. The van der Waals surface area contributed by atoms with Crippen LogP contribution in [0.4, 0.5) is 5.69 Å². The van der Waals surface area contributed by atoms with Gasteiger partial charge in [-0.1, -0.05) is 0 Å². The van der Waals surface area contributed by atoms with Crippen molar-refractivity contribution in [2.24, 2.45) is 7.05 Å². The lowest BCUT2D eigenvalue weighted by molar-refractivity contribution is 0.0942. The predicted octanol–water partition coefficient (Wildman–Crippen LogP) is 1.30. The lowest BCUT2D eigenvalue weighted by Crippen LogP contribution is -2.25. The number of hydrogen-bond donors (Lipinski definition) is 2. The second-order valence-electron chi connectivity index (χ2n) is 3.79. The number of carbonyl (C=O) groups is 1. The number of nitrogens with zero attached hydrogens (tertiary/aromatic N) is 2. The quantitative estimate of drug-likeness (QED) is 0.862. The van der Waals surface area contributed by atoms with E-state index in [-0.39, 0.29) is 5.91 Å². The Morgan fingerprint density at radius 1 is 1.65 bits per heavy atom. The molecule has 3 N–H and O–H groups in total. The summed E-state index contributed by atoms with van der Waals surface area (Å²) in [7, 11) is 1.71. The zero-order chi connectivity index (χ0) is 12.4. The van der Waals surface area contributed by atoms with Gasteiger partial charge >= 0.3 is 0 Å². The number of carbonyl (C=O) groups excluding carboxylic acids is 1. The van der Waals surface area contributed by atoms with Crippen molar-refractivity contribution in [3.63, 3.8) is 0 Å². The van der Waals surface area contributed by atoms with Gasteiger partial charge < -0.3 is 11.1 Å². The molecule has 6 heteroatoms. The topological polar surface area (TPSA) is 72.9 Å². The Labute approximate surface area is 103 Å². The summed E-state index contributed by atoms with van der Waals surface area (Å²) in [5, 5.41) is 10.9. The molecule has 5 nitrogen and oxygen atoms in total. The van der Waals surface area contributed by atoms with E-state index in [2.05, 4.69) is 10.4 Å². The van der Waals surface area contributed by atoms with Crippen molar-refractivity contribution in [3.05, 3.63) is 33.8 Å². The predicted molar refractivity (Wildman–Crippen MR) is 67.8 cm³/mol. The molecule has 0 aliphatic heterocycles. The van der Waals surface area contributed by atoms with Gasteiger partial charge in [0.15, 0.2) is 0 Å². The highest BCUT2D eigenvalue weighted by Crippen LogP contribution is 2.15.